The minimum absolute atomic E-state index is 0.399. The Labute approximate surface area is 157 Å². The Hall–Kier alpha value is -3.34. The van der Waals surface area contributed by atoms with Crippen LogP contribution in [0.1, 0.15) is 28.5 Å². The van der Waals surface area contributed by atoms with Crippen LogP contribution in [0.3, 0.4) is 0 Å². The van der Waals surface area contributed by atoms with Gasteiger partial charge in [-0.25, -0.2) is 4.79 Å². The molecule has 0 atom stereocenters. The standard InChI is InChI=1S/C22H20N2O3/c1-4-14-5-7-15(8-6-14)22(25)27-21-18(26-3)13-16-9-11-23-17-10-12-24(2)20(21)19(16)17/h5-13H,4H2,1-3H3. The van der Waals surface area contributed by atoms with Crippen molar-refractivity contribution in [3.63, 3.8) is 0 Å². The number of benzene rings is 2. The molecule has 0 spiro atoms. The minimum atomic E-state index is -0.417. The van der Waals surface area contributed by atoms with Crippen LogP contribution in [-0.4, -0.2) is 25.1 Å². The van der Waals surface area contributed by atoms with Crippen molar-refractivity contribution in [2.24, 2.45) is 0 Å². The number of hydrogen-bond acceptors (Lipinski definition) is 5. The van der Waals surface area contributed by atoms with E-state index in [-0.39, 0.29) is 0 Å². The SMILES string of the molecule is CCc1ccc(C(=O)Oc2c(OC)cc3ccnc4c3c2N(C)C=C4)cc1. The highest BCUT2D eigenvalue weighted by molar-refractivity contribution is 6.07. The number of carbonyl (C=O) groups is 1. The zero-order chi connectivity index (χ0) is 19.0. The zero-order valence-electron chi connectivity index (χ0n) is 15.5. The third kappa shape index (κ3) is 2.91. The van der Waals surface area contributed by atoms with Gasteiger partial charge in [-0.15, -0.1) is 0 Å². The molecular weight excluding hydrogens is 340 g/mol. The normalized spacial score (nSPS) is 12.3. The van der Waals surface area contributed by atoms with Gasteiger partial charge in [0.25, 0.3) is 0 Å². The molecule has 0 saturated carbocycles. The second-order valence-electron chi connectivity index (χ2n) is 6.42. The monoisotopic (exact) mass is 360 g/mol. The maximum absolute atomic E-state index is 12.8. The molecule has 2 aromatic carbocycles. The van der Waals surface area contributed by atoms with Crippen molar-refractivity contribution in [1.82, 2.24) is 4.98 Å². The average molecular weight is 360 g/mol. The van der Waals surface area contributed by atoms with Crippen molar-refractivity contribution < 1.29 is 14.3 Å². The van der Waals surface area contributed by atoms with Crippen LogP contribution in [0.25, 0.3) is 16.8 Å². The number of rotatable bonds is 4. The summed E-state index contributed by atoms with van der Waals surface area (Å²) in [7, 11) is 3.48. The van der Waals surface area contributed by atoms with Gasteiger partial charge in [-0.1, -0.05) is 19.1 Å². The summed E-state index contributed by atoms with van der Waals surface area (Å²) in [5.74, 6) is 0.492. The smallest absolute Gasteiger partial charge is 0.343 e. The predicted molar refractivity (Wildman–Crippen MR) is 107 cm³/mol. The zero-order valence-corrected chi connectivity index (χ0v) is 15.5. The first-order chi connectivity index (χ1) is 13.1. The fourth-order valence-electron chi connectivity index (χ4n) is 3.31. The highest BCUT2D eigenvalue weighted by atomic mass is 16.6. The molecule has 1 aliphatic heterocycles. The summed E-state index contributed by atoms with van der Waals surface area (Å²) in [4.78, 5) is 19.1. The number of carbonyl (C=O) groups excluding carboxylic acids is 1. The molecule has 0 amide bonds. The molecule has 0 fully saturated rings. The quantitative estimate of drug-likeness (QED) is 0.508. The number of hydrogen-bond donors (Lipinski definition) is 0. The Bertz CT molecular complexity index is 1060. The van der Waals surface area contributed by atoms with Crippen molar-refractivity contribution in [3.8, 4) is 11.5 Å². The van der Waals surface area contributed by atoms with Crippen LogP contribution in [0.2, 0.25) is 0 Å². The van der Waals surface area contributed by atoms with E-state index >= 15 is 0 Å². The number of pyridine rings is 1. The maximum atomic E-state index is 12.8. The third-order valence-electron chi connectivity index (χ3n) is 4.80. The van der Waals surface area contributed by atoms with Crippen molar-refractivity contribution in [2.45, 2.75) is 13.3 Å². The van der Waals surface area contributed by atoms with Crippen LogP contribution in [0.5, 0.6) is 11.5 Å². The van der Waals surface area contributed by atoms with Gasteiger partial charge in [-0.3, -0.25) is 4.98 Å². The molecule has 136 valence electrons. The van der Waals surface area contributed by atoms with E-state index in [0.29, 0.717) is 17.1 Å². The van der Waals surface area contributed by atoms with Gasteiger partial charge in [0.15, 0.2) is 11.5 Å². The van der Waals surface area contributed by atoms with E-state index in [9.17, 15) is 4.79 Å². The number of nitrogens with zero attached hydrogens (tertiary/aromatic N) is 2. The molecule has 0 unspecified atom stereocenters. The van der Waals surface area contributed by atoms with Gasteiger partial charge in [-0.2, -0.15) is 0 Å². The molecule has 0 radical (unpaired) electrons. The van der Waals surface area contributed by atoms with E-state index in [4.69, 9.17) is 9.47 Å². The fraction of sp³-hybridized carbons (Fsp3) is 0.182. The summed E-state index contributed by atoms with van der Waals surface area (Å²) in [6.07, 6.45) is 6.52. The van der Waals surface area contributed by atoms with E-state index in [2.05, 4.69) is 11.9 Å². The van der Waals surface area contributed by atoms with Crippen molar-refractivity contribution in [1.29, 1.82) is 0 Å². The molecule has 0 N–H and O–H groups in total. The summed E-state index contributed by atoms with van der Waals surface area (Å²) in [5, 5.41) is 1.92. The molecule has 1 aromatic heterocycles. The predicted octanol–water partition coefficient (Wildman–Crippen LogP) is 4.45. The van der Waals surface area contributed by atoms with Crippen LogP contribution in [0.15, 0.2) is 48.8 Å². The molecule has 4 rings (SSSR count). The summed E-state index contributed by atoms with van der Waals surface area (Å²) >= 11 is 0. The van der Waals surface area contributed by atoms with E-state index in [1.165, 1.54) is 5.56 Å². The van der Waals surface area contributed by atoms with Gasteiger partial charge >= 0.3 is 5.97 Å². The van der Waals surface area contributed by atoms with Gasteiger partial charge in [0.05, 0.1) is 24.1 Å². The minimum Gasteiger partial charge on any atom is -0.493 e. The molecule has 1 aliphatic rings. The fourth-order valence-corrected chi connectivity index (χ4v) is 3.31. The first kappa shape index (κ1) is 17.1. The lowest BCUT2D eigenvalue weighted by atomic mass is 10.0. The van der Waals surface area contributed by atoms with E-state index in [1.54, 1.807) is 25.4 Å². The van der Waals surface area contributed by atoms with Crippen LogP contribution in [-0.2, 0) is 6.42 Å². The largest absolute Gasteiger partial charge is 0.493 e. The molecule has 0 aliphatic carbocycles. The lowest BCUT2D eigenvalue weighted by Crippen LogP contribution is -2.17. The lowest BCUT2D eigenvalue weighted by molar-refractivity contribution is 0.0731. The van der Waals surface area contributed by atoms with E-state index < -0.39 is 5.97 Å². The van der Waals surface area contributed by atoms with Crippen molar-refractivity contribution in [3.05, 3.63) is 65.6 Å². The average Bonchev–Trinajstić information content (AvgIpc) is 2.71. The van der Waals surface area contributed by atoms with Crippen molar-refractivity contribution in [2.75, 3.05) is 19.1 Å². The Morgan fingerprint density at radius 2 is 1.96 bits per heavy atom. The first-order valence-electron chi connectivity index (χ1n) is 8.84. The number of methoxy groups -OCH3 is 1. The van der Waals surface area contributed by atoms with Crippen LogP contribution in [0, 0.1) is 0 Å². The maximum Gasteiger partial charge on any atom is 0.343 e. The van der Waals surface area contributed by atoms with Gasteiger partial charge in [0, 0.05) is 24.8 Å². The Morgan fingerprint density at radius 1 is 1.19 bits per heavy atom. The summed E-state index contributed by atoms with van der Waals surface area (Å²) in [6.45, 7) is 2.08. The van der Waals surface area contributed by atoms with Gasteiger partial charge in [-0.05, 0) is 47.7 Å². The Morgan fingerprint density at radius 3 is 2.67 bits per heavy atom. The molecule has 2 heterocycles. The third-order valence-corrected chi connectivity index (χ3v) is 4.80. The summed E-state index contributed by atoms with van der Waals surface area (Å²) in [6, 6.07) is 11.3. The molecule has 0 bridgehead atoms. The molecule has 5 heteroatoms. The van der Waals surface area contributed by atoms with Crippen LogP contribution >= 0.6 is 0 Å². The first-order valence-corrected chi connectivity index (χ1v) is 8.84. The number of esters is 1. The van der Waals surface area contributed by atoms with Crippen LogP contribution in [0.4, 0.5) is 5.69 Å². The second kappa shape index (κ2) is 6.76. The molecule has 0 saturated heterocycles. The number of aryl methyl sites for hydroxylation is 1. The second-order valence-corrected chi connectivity index (χ2v) is 6.42. The summed E-state index contributed by atoms with van der Waals surface area (Å²) in [5.41, 5.74) is 3.29. The van der Waals surface area contributed by atoms with Crippen molar-refractivity contribution >= 4 is 28.5 Å². The summed E-state index contributed by atoms with van der Waals surface area (Å²) < 4.78 is 11.4. The van der Waals surface area contributed by atoms with Gasteiger partial charge in [0.1, 0.15) is 0 Å². The highest BCUT2D eigenvalue weighted by Crippen LogP contribution is 2.46. The Balaban J connectivity index is 1.82. The Kier molecular flexibility index (Phi) is 4.28. The van der Waals surface area contributed by atoms with Gasteiger partial charge in [0.2, 0.25) is 0 Å². The molecule has 5 nitrogen and oxygen atoms in total. The molecular formula is C22H20N2O3. The van der Waals surface area contributed by atoms with E-state index in [1.807, 2.05) is 48.5 Å². The van der Waals surface area contributed by atoms with Gasteiger partial charge < -0.3 is 14.4 Å². The number of ether oxygens (including phenoxy) is 2. The molecule has 3 aromatic rings. The highest BCUT2D eigenvalue weighted by Gasteiger charge is 2.25. The topological polar surface area (TPSA) is 51.7 Å². The van der Waals surface area contributed by atoms with E-state index in [0.717, 1.165) is 28.6 Å². The number of aromatic nitrogens is 1. The van der Waals surface area contributed by atoms with Crippen LogP contribution < -0.4 is 14.4 Å². The number of anilines is 1. The molecule has 27 heavy (non-hydrogen) atoms. The lowest BCUT2D eigenvalue weighted by Gasteiger charge is -2.25.